The second-order valence-corrected chi connectivity index (χ2v) is 2.96. The number of fused-ring (bicyclic) bond motifs is 1. The second kappa shape index (κ2) is 2.35. The molecule has 0 saturated carbocycles. The molecule has 2 rings (SSSR count). The molecule has 0 aliphatic heterocycles. The Kier molecular flexibility index (Phi) is 1.44. The lowest BCUT2D eigenvalue weighted by atomic mass is 10.5. The summed E-state index contributed by atoms with van der Waals surface area (Å²) in [5.41, 5.74) is 7.73. The van der Waals surface area contributed by atoms with Gasteiger partial charge in [0.15, 0.2) is 10.8 Å². The fraction of sp³-hybridized carbons (Fsp3) is 0.143. The van der Waals surface area contributed by atoms with Crippen molar-refractivity contribution in [3.8, 4) is 0 Å². The normalized spacial score (nSPS) is 10.8. The van der Waals surface area contributed by atoms with Crippen molar-refractivity contribution in [2.75, 3.05) is 5.73 Å². The molecule has 0 spiro atoms. The highest BCUT2D eigenvalue weighted by molar-refractivity contribution is 6.29. The third-order valence-corrected chi connectivity index (χ3v) is 1.73. The summed E-state index contributed by atoms with van der Waals surface area (Å²) in [7, 11) is 0. The van der Waals surface area contributed by atoms with E-state index in [9.17, 15) is 0 Å². The van der Waals surface area contributed by atoms with Gasteiger partial charge in [0.25, 0.3) is 0 Å². The summed E-state index contributed by atoms with van der Waals surface area (Å²) in [6, 6.07) is 1.59. The molecule has 62 valence electrons. The predicted octanol–water partition coefficient (Wildman–Crippen LogP) is 1.27. The van der Waals surface area contributed by atoms with Crippen LogP contribution in [0.2, 0.25) is 5.15 Å². The lowest BCUT2D eigenvalue weighted by Crippen LogP contribution is -1.96. The van der Waals surface area contributed by atoms with Gasteiger partial charge in [-0.3, -0.25) is 0 Å². The smallest absolute Gasteiger partial charge is 0.177 e. The van der Waals surface area contributed by atoms with Crippen LogP contribution in [0, 0.1) is 6.92 Å². The van der Waals surface area contributed by atoms with Crippen LogP contribution >= 0.6 is 11.6 Å². The first-order valence-corrected chi connectivity index (χ1v) is 3.82. The first-order chi connectivity index (χ1) is 5.66. The molecule has 0 aliphatic carbocycles. The topological polar surface area (TPSA) is 56.2 Å². The standard InChI is InChI=1S/C7H7ClN4/c1-4-3-12-7(10-4)5(9)2-6(8)11-12/h2-3H,9H2,1H3. The monoisotopic (exact) mass is 182 g/mol. The van der Waals surface area contributed by atoms with Gasteiger partial charge in [-0.15, -0.1) is 0 Å². The van der Waals surface area contributed by atoms with E-state index >= 15 is 0 Å². The van der Waals surface area contributed by atoms with E-state index in [4.69, 9.17) is 17.3 Å². The summed E-state index contributed by atoms with van der Waals surface area (Å²) in [6.07, 6.45) is 1.78. The Morgan fingerprint density at radius 2 is 2.33 bits per heavy atom. The van der Waals surface area contributed by atoms with E-state index in [-0.39, 0.29) is 0 Å². The third kappa shape index (κ3) is 1.00. The van der Waals surface area contributed by atoms with Crippen molar-refractivity contribution in [2.45, 2.75) is 6.92 Å². The van der Waals surface area contributed by atoms with E-state index in [0.29, 0.717) is 16.5 Å². The van der Waals surface area contributed by atoms with E-state index in [1.807, 2.05) is 6.92 Å². The number of anilines is 1. The van der Waals surface area contributed by atoms with Gasteiger partial charge in [-0.1, -0.05) is 11.6 Å². The van der Waals surface area contributed by atoms with Crippen molar-refractivity contribution in [3.05, 3.63) is 23.1 Å². The van der Waals surface area contributed by atoms with Crippen LogP contribution in [0.3, 0.4) is 0 Å². The summed E-state index contributed by atoms with van der Waals surface area (Å²) < 4.78 is 1.58. The van der Waals surface area contributed by atoms with Crippen molar-refractivity contribution in [1.82, 2.24) is 14.6 Å². The summed E-state index contributed by atoms with van der Waals surface area (Å²) in [5, 5.41) is 4.37. The molecular weight excluding hydrogens is 176 g/mol. The van der Waals surface area contributed by atoms with Crippen LogP contribution in [-0.4, -0.2) is 14.6 Å². The predicted molar refractivity (Wildman–Crippen MR) is 47.1 cm³/mol. The number of imidazole rings is 1. The van der Waals surface area contributed by atoms with Crippen molar-refractivity contribution in [2.24, 2.45) is 0 Å². The molecule has 0 aliphatic rings. The van der Waals surface area contributed by atoms with E-state index in [2.05, 4.69) is 10.1 Å². The summed E-state index contributed by atoms with van der Waals surface area (Å²) in [5.74, 6) is 0. The van der Waals surface area contributed by atoms with Crippen molar-refractivity contribution in [1.29, 1.82) is 0 Å². The second-order valence-electron chi connectivity index (χ2n) is 2.57. The highest BCUT2D eigenvalue weighted by atomic mass is 35.5. The Hall–Kier alpha value is -1.29. The first kappa shape index (κ1) is 7.36. The Labute approximate surface area is 74.0 Å². The summed E-state index contributed by atoms with van der Waals surface area (Å²) >= 11 is 5.69. The zero-order valence-electron chi connectivity index (χ0n) is 6.45. The molecule has 0 saturated heterocycles. The quantitative estimate of drug-likeness (QED) is 0.668. The molecular formula is C7H7ClN4. The van der Waals surface area contributed by atoms with Crippen LogP contribution in [0.15, 0.2) is 12.3 Å². The minimum absolute atomic E-state index is 0.373. The maximum atomic E-state index is 5.69. The maximum Gasteiger partial charge on any atom is 0.177 e. The van der Waals surface area contributed by atoms with Gasteiger partial charge < -0.3 is 5.73 Å². The molecule has 0 radical (unpaired) electrons. The lowest BCUT2D eigenvalue weighted by Gasteiger charge is -1.96. The minimum Gasteiger partial charge on any atom is -0.396 e. The highest BCUT2D eigenvalue weighted by Crippen LogP contribution is 2.15. The van der Waals surface area contributed by atoms with Gasteiger partial charge in [0, 0.05) is 6.07 Å². The number of nitrogens with zero attached hydrogens (tertiary/aromatic N) is 3. The highest BCUT2D eigenvalue weighted by Gasteiger charge is 2.03. The molecule has 2 N–H and O–H groups in total. The molecule has 2 aromatic heterocycles. The van der Waals surface area contributed by atoms with E-state index in [0.717, 1.165) is 5.69 Å². The van der Waals surface area contributed by atoms with Gasteiger partial charge in [-0.05, 0) is 6.92 Å². The molecule has 5 heteroatoms. The molecule has 0 unspecified atom stereocenters. The van der Waals surface area contributed by atoms with Gasteiger partial charge in [0.2, 0.25) is 0 Å². The number of nitrogen functional groups attached to an aromatic ring is 1. The number of aryl methyl sites for hydroxylation is 1. The average Bonchev–Trinajstić information content (AvgIpc) is 2.29. The molecule has 2 aromatic rings. The minimum atomic E-state index is 0.373. The number of hydrogen-bond acceptors (Lipinski definition) is 3. The van der Waals surface area contributed by atoms with E-state index in [1.54, 1.807) is 16.8 Å². The van der Waals surface area contributed by atoms with Gasteiger partial charge >= 0.3 is 0 Å². The number of halogens is 1. The van der Waals surface area contributed by atoms with Gasteiger partial charge in [0.1, 0.15) is 0 Å². The Morgan fingerprint density at radius 3 is 3.08 bits per heavy atom. The van der Waals surface area contributed by atoms with E-state index < -0.39 is 0 Å². The van der Waals surface area contributed by atoms with Crippen LogP contribution in [0.25, 0.3) is 5.65 Å². The molecule has 0 fully saturated rings. The molecule has 2 heterocycles. The van der Waals surface area contributed by atoms with Crippen LogP contribution in [0.5, 0.6) is 0 Å². The molecule has 12 heavy (non-hydrogen) atoms. The molecule has 4 nitrogen and oxygen atoms in total. The molecule has 0 bridgehead atoms. The summed E-state index contributed by atoms with van der Waals surface area (Å²) in [6.45, 7) is 1.88. The fourth-order valence-corrected chi connectivity index (χ4v) is 1.28. The van der Waals surface area contributed by atoms with Crippen LogP contribution in [0.1, 0.15) is 5.69 Å². The Bertz CT molecular complexity index is 434. The number of aromatic nitrogens is 3. The number of hydrogen-bond donors (Lipinski definition) is 1. The van der Waals surface area contributed by atoms with E-state index in [1.165, 1.54) is 0 Å². The van der Waals surface area contributed by atoms with Crippen molar-refractivity contribution in [3.63, 3.8) is 0 Å². The first-order valence-electron chi connectivity index (χ1n) is 3.45. The van der Waals surface area contributed by atoms with Crippen LogP contribution in [0.4, 0.5) is 5.69 Å². The van der Waals surface area contributed by atoms with Crippen molar-refractivity contribution < 1.29 is 0 Å². The Morgan fingerprint density at radius 1 is 1.58 bits per heavy atom. The van der Waals surface area contributed by atoms with Gasteiger partial charge in [-0.2, -0.15) is 5.10 Å². The SMILES string of the molecule is Cc1cn2nc(Cl)cc(N)c2n1. The maximum absolute atomic E-state index is 5.69. The average molecular weight is 183 g/mol. The van der Waals surface area contributed by atoms with Gasteiger partial charge in [-0.25, -0.2) is 9.50 Å². The van der Waals surface area contributed by atoms with Crippen molar-refractivity contribution >= 4 is 22.9 Å². The van der Waals surface area contributed by atoms with Crippen LogP contribution in [-0.2, 0) is 0 Å². The zero-order chi connectivity index (χ0) is 8.72. The number of rotatable bonds is 0. The van der Waals surface area contributed by atoms with Gasteiger partial charge in [0.05, 0.1) is 17.6 Å². The Balaban J connectivity index is 2.88. The molecule has 0 atom stereocenters. The third-order valence-electron chi connectivity index (χ3n) is 1.54. The molecule has 0 aromatic carbocycles. The zero-order valence-corrected chi connectivity index (χ0v) is 7.21. The fourth-order valence-electron chi connectivity index (χ4n) is 1.08. The molecule has 0 amide bonds. The largest absolute Gasteiger partial charge is 0.396 e. The lowest BCUT2D eigenvalue weighted by molar-refractivity contribution is 0.937. The van der Waals surface area contributed by atoms with Crippen LogP contribution < -0.4 is 5.73 Å². The number of nitrogens with two attached hydrogens (primary N) is 1. The summed E-state index contributed by atoms with van der Waals surface area (Å²) in [4.78, 5) is 4.17.